The second kappa shape index (κ2) is 3.67. The highest BCUT2D eigenvalue weighted by molar-refractivity contribution is 5.66. The smallest absolute Gasteiger partial charge is 0.302 e. The number of benzene rings is 1. The van der Waals surface area contributed by atoms with E-state index >= 15 is 0 Å². The van der Waals surface area contributed by atoms with Crippen molar-refractivity contribution in [3.63, 3.8) is 0 Å². The van der Waals surface area contributed by atoms with Gasteiger partial charge in [0.15, 0.2) is 5.75 Å². The van der Waals surface area contributed by atoms with E-state index in [1.807, 2.05) is 18.2 Å². The summed E-state index contributed by atoms with van der Waals surface area (Å²) >= 11 is 0. The van der Waals surface area contributed by atoms with Gasteiger partial charge in [-0.05, 0) is 11.6 Å². The predicted molar refractivity (Wildman–Crippen MR) is 47.3 cm³/mol. The van der Waals surface area contributed by atoms with Crippen molar-refractivity contribution >= 4 is 5.97 Å². The van der Waals surface area contributed by atoms with Gasteiger partial charge in [0.25, 0.3) is 0 Å². The highest BCUT2D eigenvalue weighted by Gasteiger charge is 2.17. The van der Waals surface area contributed by atoms with E-state index in [1.54, 1.807) is 0 Å². The molecule has 0 spiro atoms. The van der Waals surface area contributed by atoms with Crippen LogP contribution in [0, 0.1) is 0 Å². The van der Waals surface area contributed by atoms with Crippen LogP contribution in [0.25, 0.3) is 0 Å². The minimum absolute atomic E-state index is 0.269. The average Bonchev–Trinajstić information content (AvgIpc) is 2.62. The molecule has 1 aromatic rings. The third-order valence-electron chi connectivity index (χ3n) is 2.01. The summed E-state index contributed by atoms with van der Waals surface area (Å²) in [7, 11) is 0. The molecule has 0 unspecified atom stereocenters. The first-order valence-electron chi connectivity index (χ1n) is 4.31. The minimum Gasteiger partial charge on any atom is -0.461 e. The summed E-state index contributed by atoms with van der Waals surface area (Å²) in [5.41, 5.74) is 1.88. The Morgan fingerprint density at radius 3 is 3.21 bits per heavy atom. The Labute approximate surface area is 81.3 Å². The third kappa shape index (κ3) is 1.70. The summed E-state index contributed by atoms with van der Waals surface area (Å²) < 4.78 is 4.90. The van der Waals surface area contributed by atoms with Crippen molar-refractivity contribution in [2.45, 2.75) is 20.1 Å². The Morgan fingerprint density at radius 1 is 1.57 bits per heavy atom. The van der Waals surface area contributed by atoms with Gasteiger partial charge in [0.05, 0.1) is 0 Å². The van der Waals surface area contributed by atoms with Gasteiger partial charge in [-0.15, -0.1) is 0 Å². The topological polar surface area (TPSA) is 44.8 Å². The maximum absolute atomic E-state index is 10.6. The second-order valence-electron chi connectivity index (χ2n) is 3.02. The van der Waals surface area contributed by atoms with E-state index < -0.39 is 0 Å². The molecule has 0 aliphatic carbocycles. The van der Waals surface area contributed by atoms with Gasteiger partial charge in [-0.3, -0.25) is 4.79 Å². The number of carbonyl (C=O) groups excluding carboxylic acids is 1. The number of ether oxygens (including phenoxy) is 1. The van der Waals surface area contributed by atoms with Gasteiger partial charge in [-0.1, -0.05) is 12.1 Å². The van der Waals surface area contributed by atoms with Crippen molar-refractivity contribution in [3.05, 3.63) is 29.3 Å². The summed E-state index contributed by atoms with van der Waals surface area (Å²) in [6.07, 6.45) is 0. The summed E-state index contributed by atoms with van der Waals surface area (Å²) in [4.78, 5) is 20.4. The summed E-state index contributed by atoms with van der Waals surface area (Å²) in [5.74, 6) is 0.414. The summed E-state index contributed by atoms with van der Waals surface area (Å²) in [5, 5.41) is 0. The lowest BCUT2D eigenvalue weighted by molar-refractivity contribution is -0.194. The molecule has 0 saturated carbocycles. The largest absolute Gasteiger partial charge is 0.461 e. The molecule has 4 nitrogen and oxygen atoms in total. The molecule has 0 aromatic heterocycles. The number of esters is 1. The van der Waals surface area contributed by atoms with E-state index in [0.717, 1.165) is 11.1 Å². The van der Waals surface area contributed by atoms with Crippen molar-refractivity contribution in [1.82, 2.24) is 0 Å². The van der Waals surface area contributed by atoms with Crippen LogP contribution in [0.15, 0.2) is 18.2 Å². The molecule has 14 heavy (non-hydrogen) atoms. The fourth-order valence-corrected chi connectivity index (χ4v) is 1.32. The van der Waals surface area contributed by atoms with Gasteiger partial charge in [-0.25, -0.2) is 0 Å². The highest BCUT2D eigenvalue weighted by Crippen LogP contribution is 2.29. The van der Waals surface area contributed by atoms with E-state index in [1.165, 1.54) is 6.92 Å². The molecule has 0 amide bonds. The number of fused-ring (bicyclic) bond motifs is 1. The Kier molecular flexibility index (Phi) is 2.37. The zero-order chi connectivity index (χ0) is 9.97. The van der Waals surface area contributed by atoms with E-state index in [9.17, 15) is 4.79 Å². The Hall–Kier alpha value is -1.55. The van der Waals surface area contributed by atoms with Crippen molar-refractivity contribution in [2.24, 2.45) is 0 Å². The fourth-order valence-electron chi connectivity index (χ4n) is 1.32. The Balaban J connectivity index is 2.17. The van der Waals surface area contributed by atoms with Crippen LogP contribution in [-0.4, -0.2) is 5.97 Å². The molecule has 4 heteroatoms. The van der Waals surface area contributed by atoms with Crippen LogP contribution in [0.1, 0.15) is 18.1 Å². The lowest BCUT2D eigenvalue weighted by Gasteiger charge is -2.04. The molecule has 1 aliphatic heterocycles. The molecule has 1 heterocycles. The third-order valence-corrected chi connectivity index (χ3v) is 2.01. The Bertz CT molecular complexity index is 359. The zero-order valence-electron chi connectivity index (χ0n) is 7.78. The molecule has 1 aliphatic rings. The molecule has 1 aromatic carbocycles. The van der Waals surface area contributed by atoms with Crippen molar-refractivity contribution in [3.8, 4) is 5.75 Å². The van der Waals surface area contributed by atoms with Gasteiger partial charge >= 0.3 is 5.97 Å². The number of hydrogen-bond acceptors (Lipinski definition) is 4. The maximum Gasteiger partial charge on any atom is 0.302 e. The normalized spacial score (nSPS) is 13.2. The van der Waals surface area contributed by atoms with Crippen LogP contribution in [0.3, 0.4) is 0 Å². The van der Waals surface area contributed by atoms with E-state index in [2.05, 4.69) is 0 Å². The fraction of sp³-hybridized carbons (Fsp3) is 0.300. The molecule has 2 rings (SSSR count). The van der Waals surface area contributed by atoms with Gasteiger partial charge in [0, 0.05) is 12.5 Å². The predicted octanol–water partition coefficient (Wildman–Crippen LogP) is 1.57. The minimum atomic E-state index is -0.289. The first-order chi connectivity index (χ1) is 6.77. The van der Waals surface area contributed by atoms with Crippen LogP contribution in [0.5, 0.6) is 5.75 Å². The van der Waals surface area contributed by atoms with Crippen molar-refractivity contribution in [1.29, 1.82) is 0 Å². The van der Waals surface area contributed by atoms with E-state index in [-0.39, 0.29) is 12.6 Å². The quantitative estimate of drug-likeness (QED) is 0.529. The van der Waals surface area contributed by atoms with Crippen LogP contribution >= 0.6 is 0 Å². The van der Waals surface area contributed by atoms with Crippen molar-refractivity contribution < 1.29 is 19.3 Å². The van der Waals surface area contributed by atoms with Crippen LogP contribution in [0.4, 0.5) is 0 Å². The standard InChI is InChI=1S/C10H10O4/c1-7(11)12-5-8-3-2-4-10-9(8)6-13-14-10/h2-4H,5-6H2,1H3. The summed E-state index contributed by atoms with van der Waals surface area (Å²) in [6.45, 7) is 2.06. The van der Waals surface area contributed by atoms with Crippen LogP contribution in [0.2, 0.25) is 0 Å². The average molecular weight is 194 g/mol. The molecule has 0 bridgehead atoms. The molecule has 0 atom stereocenters. The molecule has 0 saturated heterocycles. The first kappa shape index (κ1) is 9.02. The number of rotatable bonds is 2. The van der Waals surface area contributed by atoms with E-state index in [4.69, 9.17) is 14.5 Å². The number of carbonyl (C=O) groups is 1. The molecular weight excluding hydrogens is 184 g/mol. The van der Waals surface area contributed by atoms with Crippen molar-refractivity contribution in [2.75, 3.05) is 0 Å². The summed E-state index contributed by atoms with van der Waals surface area (Å²) in [6, 6.07) is 5.55. The van der Waals surface area contributed by atoms with Gasteiger partial charge in [0.1, 0.15) is 13.2 Å². The Morgan fingerprint density at radius 2 is 2.43 bits per heavy atom. The molecule has 0 fully saturated rings. The molecule has 0 N–H and O–H groups in total. The second-order valence-corrected chi connectivity index (χ2v) is 3.02. The molecule has 74 valence electrons. The molecular formula is C10H10O4. The van der Waals surface area contributed by atoms with Gasteiger partial charge in [-0.2, -0.15) is 4.89 Å². The van der Waals surface area contributed by atoms with Gasteiger partial charge < -0.3 is 9.62 Å². The van der Waals surface area contributed by atoms with E-state index in [0.29, 0.717) is 12.4 Å². The zero-order valence-corrected chi connectivity index (χ0v) is 7.78. The monoisotopic (exact) mass is 194 g/mol. The lowest BCUT2D eigenvalue weighted by Crippen LogP contribution is -2.00. The van der Waals surface area contributed by atoms with Gasteiger partial charge in [0.2, 0.25) is 0 Å². The first-order valence-corrected chi connectivity index (χ1v) is 4.31. The van der Waals surface area contributed by atoms with Crippen LogP contribution in [-0.2, 0) is 27.6 Å². The maximum atomic E-state index is 10.6. The lowest BCUT2D eigenvalue weighted by atomic mass is 10.1. The number of hydrogen-bond donors (Lipinski definition) is 0. The highest BCUT2D eigenvalue weighted by atomic mass is 17.2. The molecule has 0 radical (unpaired) electrons. The van der Waals surface area contributed by atoms with Crippen LogP contribution < -0.4 is 4.89 Å². The SMILES string of the molecule is CC(=O)OCc1cccc2c1COO2.